The highest BCUT2D eigenvalue weighted by atomic mass is 79.9. The van der Waals surface area contributed by atoms with Crippen molar-refractivity contribution in [1.82, 2.24) is 9.97 Å². The molecule has 3 aromatic rings. The predicted octanol–water partition coefficient (Wildman–Crippen LogP) is 4.67. The van der Waals surface area contributed by atoms with Crippen LogP contribution in [0.4, 0.5) is 11.5 Å². The third-order valence-electron chi connectivity index (χ3n) is 3.95. The Bertz CT molecular complexity index is 793. The van der Waals surface area contributed by atoms with Gasteiger partial charge in [-0.2, -0.15) is 0 Å². The molecule has 0 saturated heterocycles. The van der Waals surface area contributed by atoms with E-state index >= 15 is 0 Å². The number of hydrogen-bond donors (Lipinski definition) is 1. The summed E-state index contributed by atoms with van der Waals surface area (Å²) in [6, 6.07) is 18.5. The number of benzene rings is 1. The lowest BCUT2D eigenvalue weighted by Gasteiger charge is -2.24. The van der Waals surface area contributed by atoms with Crippen molar-refractivity contribution in [2.24, 2.45) is 0 Å². The van der Waals surface area contributed by atoms with Gasteiger partial charge in [-0.1, -0.05) is 36.4 Å². The molecule has 2 aromatic heterocycles. The summed E-state index contributed by atoms with van der Waals surface area (Å²) in [5.74, 6) is 0.984. The van der Waals surface area contributed by atoms with Crippen molar-refractivity contribution in [1.29, 1.82) is 0 Å². The molecule has 0 bridgehead atoms. The Kier molecular flexibility index (Phi) is 6.01. The monoisotopic (exact) mass is 396 g/mol. The number of anilines is 2. The summed E-state index contributed by atoms with van der Waals surface area (Å²) in [7, 11) is 0. The summed E-state index contributed by atoms with van der Waals surface area (Å²) < 4.78 is 1.02. The summed E-state index contributed by atoms with van der Waals surface area (Å²) in [5.41, 5.74) is 3.32. The highest BCUT2D eigenvalue weighted by Crippen LogP contribution is 2.24. The van der Waals surface area contributed by atoms with E-state index in [1.165, 1.54) is 5.56 Å². The highest BCUT2D eigenvalue weighted by molar-refractivity contribution is 9.10. The van der Waals surface area contributed by atoms with Crippen LogP contribution < -0.4 is 10.2 Å². The van der Waals surface area contributed by atoms with Crippen molar-refractivity contribution in [2.75, 3.05) is 23.3 Å². The van der Waals surface area contributed by atoms with Crippen LogP contribution in [-0.4, -0.2) is 23.1 Å². The van der Waals surface area contributed by atoms with Crippen LogP contribution in [0.25, 0.3) is 0 Å². The molecule has 5 heteroatoms. The average molecular weight is 397 g/mol. The molecule has 0 fully saturated rings. The van der Waals surface area contributed by atoms with E-state index in [4.69, 9.17) is 0 Å². The minimum atomic E-state index is 0.811. The Morgan fingerprint density at radius 3 is 2.52 bits per heavy atom. The normalized spacial score (nSPS) is 10.5. The second kappa shape index (κ2) is 8.62. The molecular formula is C20H21BrN4. The van der Waals surface area contributed by atoms with Gasteiger partial charge in [0.05, 0.1) is 15.9 Å². The standard InChI is InChI=1S/C20H21BrN4/c1-16-20(21)18(10-12-22-16)23-13-14-25(19-9-5-6-11-24-19)15-17-7-3-2-4-8-17/h2-12H,13-15H2,1H3,(H,22,23). The van der Waals surface area contributed by atoms with Crippen molar-refractivity contribution >= 4 is 27.4 Å². The molecule has 0 aliphatic heterocycles. The van der Waals surface area contributed by atoms with Gasteiger partial charge in [-0.25, -0.2) is 4.98 Å². The van der Waals surface area contributed by atoms with E-state index in [1.54, 1.807) is 0 Å². The van der Waals surface area contributed by atoms with Crippen LogP contribution in [0.2, 0.25) is 0 Å². The number of nitrogens with one attached hydrogen (secondary N) is 1. The zero-order chi connectivity index (χ0) is 17.5. The molecule has 128 valence electrons. The van der Waals surface area contributed by atoms with Gasteiger partial charge in [0.1, 0.15) is 5.82 Å². The second-order valence-electron chi connectivity index (χ2n) is 5.78. The van der Waals surface area contributed by atoms with E-state index < -0.39 is 0 Å². The van der Waals surface area contributed by atoms with Crippen molar-refractivity contribution in [3.05, 3.63) is 82.7 Å². The minimum absolute atomic E-state index is 0.811. The van der Waals surface area contributed by atoms with Gasteiger partial charge in [0.2, 0.25) is 0 Å². The second-order valence-corrected chi connectivity index (χ2v) is 6.57. The molecule has 25 heavy (non-hydrogen) atoms. The highest BCUT2D eigenvalue weighted by Gasteiger charge is 2.09. The first kappa shape index (κ1) is 17.4. The molecule has 4 nitrogen and oxygen atoms in total. The van der Waals surface area contributed by atoms with E-state index in [0.717, 1.165) is 41.3 Å². The van der Waals surface area contributed by atoms with Crippen LogP contribution in [0.1, 0.15) is 11.3 Å². The molecule has 3 rings (SSSR count). The number of rotatable bonds is 7. The van der Waals surface area contributed by atoms with Crippen LogP contribution in [0.5, 0.6) is 0 Å². The fraction of sp³-hybridized carbons (Fsp3) is 0.200. The van der Waals surface area contributed by atoms with Crippen molar-refractivity contribution < 1.29 is 0 Å². The predicted molar refractivity (Wildman–Crippen MR) is 107 cm³/mol. The van der Waals surface area contributed by atoms with Crippen molar-refractivity contribution in [3.63, 3.8) is 0 Å². The van der Waals surface area contributed by atoms with Gasteiger partial charge >= 0.3 is 0 Å². The minimum Gasteiger partial charge on any atom is -0.382 e. The van der Waals surface area contributed by atoms with Gasteiger partial charge in [-0.3, -0.25) is 4.98 Å². The maximum atomic E-state index is 4.51. The summed E-state index contributed by atoms with van der Waals surface area (Å²) in [6.45, 7) is 4.48. The molecular weight excluding hydrogens is 376 g/mol. The van der Waals surface area contributed by atoms with Crippen LogP contribution >= 0.6 is 15.9 Å². The van der Waals surface area contributed by atoms with Gasteiger partial charge in [0.25, 0.3) is 0 Å². The zero-order valence-electron chi connectivity index (χ0n) is 14.2. The fourth-order valence-electron chi connectivity index (χ4n) is 2.63. The first-order chi connectivity index (χ1) is 12.2. The van der Waals surface area contributed by atoms with Gasteiger partial charge < -0.3 is 10.2 Å². The average Bonchev–Trinajstić information content (AvgIpc) is 2.66. The maximum absolute atomic E-state index is 4.51. The number of halogens is 1. The molecule has 1 N–H and O–H groups in total. The lowest BCUT2D eigenvalue weighted by Crippen LogP contribution is -2.29. The first-order valence-corrected chi connectivity index (χ1v) is 9.08. The van der Waals surface area contributed by atoms with E-state index in [9.17, 15) is 0 Å². The summed E-state index contributed by atoms with van der Waals surface area (Å²) in [5, 5.41) is 3.48. The lowest BCUT2D eigenvalue weighted by molar-refractivity contribution is 0.790. The largest absolute Gasteiger partial charge is 0.382 e. The quantitative estimate of drug-likeness (QED) is 0.629. The van der Waals surface area contributed by atoms with Crippen LogP contribution in [0.15, 0.2) is 71.5 Å². The first-order valence-electron chi connectivity index (χ1n) is 8.29. The van der Waals surface area contributed by atoms with Crippen molar-refractivity contribution in [3.8, 4) is 0 Å². The number of aromatic nitrogens is 2. The molecule has 0 saturated carbocycles. The van der Waals surface area contributed by atoms with Crippen molar-refractivity contribution in [2.45, 2.75) is 13.5 Å². The molecule has 0 aliphatic rings. The fourth-order valence-corrected chi connectivity index (χ4v) is 3.00. The van der Waals surface area contributed by atoms with Gasteiger partial charge in [-0.15, -0.1) is 0 Å². The molecule has 0 unspecified atom stereocenters. The Morgan fingerprint density at radius 2 is 1.76 bits per heavy atom. The topological polar surface area (TPSA) is 41.1 Å². The molecule has 0 radical (unpaired) electrons. The van der Waals surface area contributed by atoms with Gasteiger partial charge in [0, 0.05) is 32.0 Å². The van der Waals surface area contributed by atoms with E-state index in [0.29, 0.717) is 0 Å². The van der Waals surface area contributed by atoms with Crippen LogP contribution in [-0.2, 0) is 6.54 Å². The SMILES string of the molecule is Cc1nccc(NCCN(Cc2ccccc2)c2ccccn2)c1Br. The van der Waals surface area contributed by atoms with E-state index in [1.807, 2.05) is 43.6 Å². The lowest BCUT2D eigenvalue weighted by atomic mass is 10.2. The summed E-state index contributed by atoms with van der Waals surface area (Å²) in [4.78, 5) is 11.1. The Hall–Kier alpha value is -2.40. The number of pyridine rings is 2. The zero-order valence-corrected chi connectivity index (χ0v) is 15.8. The third kappa shape index (κ3) is 4.79. The molecule has 0 aliphatic carbocycles. The number of nitrogens with zero attached hydrogens (tertiary/aromatic N) is 3. The Balaban J connectivity index is 1.68. The van der Waals surface area contributed by atoms with E-state index in [-0.39, 0.29) is 0 Å². The molecule has 0 amide bonds. The Morgan fingerprint density at radius 1 is 0.960 bits per heavy atom. The number of hydrogen-bond acceptors (Lipinski definition) is 4. The Labute approximate surface area is 157 Å². The summed E-state index contributed by atoms with van der Waals surface area (Å²) >= 11 is 3.60. The molecule has 0 spiro atoms. The van der Waals surface area contributed by atoms with Crippen LogP contribution in [0.3, 0.4) is 0 Å². The molecule has 0 atom stereocenters. The van der Waals surface area contributed by atoms with Gasteiger partial charge in [0.15, 0.2) is 0 Å². The smallest absolute Gasteiger partial charge is 0.128 e. The molecule has 2 heterocycles. The van der Waals surface area contributed by atoms with Crippen LogP contribution in [0, 0.1) is 6.92 Å². The van der Waals surface area contributed by atoms with E-state index in [2.05, 4.69) is 66.4 Å². The van der Waals surface area contributed by atoms with Gasteiger partial charge in [-0.05, 0) is 46.6 Å². The number of aryl methyl sites for hydroxylation is 1. The maximum Gasteiger partial charge on any atom is 0.128 e. The third-order valence-corrected chi connectivity index (χ3v) is 4.95. The summed E-state index contributed by atoms with van der Waals surface area (Å²) in [6.07, 6.45) is 3.66. The molecule has 1 aromatic carbocycles.